The van der Waals surface area contributed by atoms with Gasteiger partial charge in [-0.2, -0.15) is 0 Å². The summed E-state index contributed by atoms with van der Waals surface area (Å²) in [7, 11) is 2.88. The zero-order valence-corrected chi connectivity index (χ0v) is 18.9. The van der Waals surface area contributed by atoms with Crippen molar-refractivity contribution in [2.75, 3.05) is 27.3 Å². The number of imide groups is 1. The third-order valence-electron chi connectivity index (χ3n) is 4.36. The van der Waals surface area contributed by atoms with Crippen LogP contribution in [0, 0.1) is 0 Å². The van der Waals surface area contributed by atoms with E-state index in [0.29, 0.717) is 21.4 Å². The van der Waals surface area contributed by atoms with Gasteiger partial charge < -0.3 is 14.8 Å². The van der Waals surface area contributed by atoms with Crippen LogP contribution in [-0.2, 0) is 4.79 Å². The molecular weight excluding hydrogens is 463 g/mol. The lowest BCUT2D eigenvalue weighted by atomic mass is 10.2. The minimum Gasteiger partial charge on any atom is -0.493 e. The monoisotopic (exact) mass is 480 g/mol. The maximum absolute atomic E-state index is 12.6. The van der Waals surface area contributed by atoms with Crippen molar-refractivity contribution in [2.24, 2.45) is 0 Å². The Balaban J connectivity index is 1.62. The first-order valence-electron chi connectivity index (χ1n) is 9.04. The predicted molar refractivity (Wildman–Crippen MR) is 121 cm³/mol. The van der Waals surface area contributed by atoms with Crippen molar-refractivity contribution in [1.82, 2.24) is 10.2 Å². The lowest BCUT2D eigenvalue weighted by Crippen LogP contribution is -2.37. The van der Waals surface area contributed by atoms with Crippen molar-refractivity contribution < 1.29 is 23.9 Å². The highest BCUT2D eigenvalue weighted by molar-refractivity contribution is 8.18. The number of halogens is 2. The largest absolute Gasteiger partial charge is 0.493 e. The SMILES string of the molecule is COc1cc(C(=O)NCCN2C(=O)S/C(=C/c3ccc(Cl)cc3)C2=O)cc(Cl)c1OC. The molecule has 1 aliphatic heterocycles. The van der Waals surface area contributed by atoms with E-state index in [1.807, 2.05) is 0 Å². The molecule has 0 aliphatic carbocycles. The van der Waals surface area contributed by atoms with E-state index in [1.54, 1.807) is 30.3 Å². The number of methoxy groups -OCH3 is 2. The third kappa shape index (κ3) is 5.33. The molecule has 3 amide bonds. The molecule has 0 unspecified atom stereocenters. The summed E-state index contributed by atoms with van der Waals surface area (Å²) in [4.78, 5) is 38.6. The number of rotatable bonds is 7. The van der Waals surface area contributed by atoms with E-state index in [9.17, 15) is 14.4 Å². The summed E-state index contributed by atoms with van der Waals surface area (Å²) in [6, 6.07) is 9.86. The maximum Gasteiger partial charge on any atom is 0.293 e. The first-order chi connectivity index (χ1) is 14.8. The molecule has 1 saturated heterocycles. The first-order valence-corrected chi connectivity index (χ1v) is 10.6. The lowest BCUT2D eigenvalue weighted by Gasteiger charge is -2.14. The molecule has 7 nitrogen and oxygen atoms in total. The molecule has 1 N–H and O–H groups in total. The van der Waals surface area contributed by atoms with Gasteiger partial charge in [0.1, 0.15) is 0 Å². The molecule has 162 valence electrons. The summed E-state index contributed by atoms with van der Waals surface area (Å²) in [5, 5.41) is 3.08. The van der Waals surface area contributed by atoms with Crippen LogP contribution in [0.2, 0.25) is 10.0 Å². The van der Waals surface area contributed by atoms with Crippen molar-refractivity contribution >= 4 is 58.1 Å². The number of thioether (sulfide) groups is 1. The van der Waals surface area contributed by atoms with Gasteiger partial charge >= 0.3 is 0 Å². The average Bonchev–Trinajstić information content (AvgIpc) is 3.01. The van der Waals surface area contributed by atoms with Crippen LogP contribution in [0.15, 0.2) is 41.3 Å². The van der Waals surface area contributed by atoms with Gasteiger partial charge in [-0.3, -0.25) is 19.3 Å². The molecule has 0 saturated carbocycles. The highest BCUT2D eigenvalue weighted by atomic mass is 35.5. The van der Waals surface area contributed by atoms with E-state index >= 15 is 0 Å². The summed E-state index contributed by atoms with van der Waals surface area (Å²) in [6.45, 7) is 0.118. The van der Waals surface area contributed by atoms with Gasteiger partial charge in [-0.15, -0.1) is 0 Å². The summed E-state index contributed by atoms with van der Waals surface area (Å²) < 4.78 is 10.3. The molecule has 10 heteroatoms. The predicted octanol–water partition coefficient (Wildman–Crippen LogP) is 4.48. The van der Waals surface area contributed by atoms with Gasteiger partial charge in [0.2, 0.25) is 0 Å². The van der Waals surface area contributed by atoms with Crippen LogP contribution in [0.4, 0.5) is 4.79 Å². The number of hydrogen-bond donors (Lipinski definition) is 1. The molecule has 2 aromatic rings. The summed E-state index contributed by atoms with van der Waals surface area (Å²) >= 11 is 12.8. The Morgan fingerprint density at radius 2 is 1.84 bits per heavy atom. The molecule has 0 radical (unpaired) electrons. The number of amides is 3. The average molecular weight is 481 g/mol. The number of benzene rings is 2. The number of carbonyl (C=O) groups excluding carboxylic acids is 3. The summed E-state index contributed by atoms with van der Waals surface area (Å²) in [5.41, 5.74) is 1.02. The van der Waals surface area contributed by atoms with Crippen molar-refractivity contribution in [2.45, 2.75) is 0 Å². The van der Waals surface area contributed by atoms with Crippen LogP contribution in [0.3, 0.4) is 0 Å². The third-order valence-corrected chi connectivity index (χ3v) is 5.80. The van der Waals surface area contributed by atoms with Crippen LogP contribution in [-0.4, -0.2) is 49.3 Å². The smallest absolute Gasteiger partial charge is 0.293 e. The Morgan fingerprint density at radius 3 is 2.48 bits per heavy atom. The maximum atomic E-state index is 12.6. The molecular formula is C21H18Cl2N2O5S. The van der Waals surface area contributed by atoms with Gasteiger partial charge in [0.15, 0.2) is 11.5 Å². The van der Waals surface area contributed by atoms with E-state index in [2.05, 4.69) is 5.32 Å². The number of nitrogens with zero attached hydrogens (tertiary/aromatic N) is 1. The number of carbonyl (C=O) groups is 3. The fraction of sp³-hybridized carbons (Fsp3) is 0.190. The van der Waals surface area contributed by atoms with E-state index in [4.69, 9.17) is 32.7 Å². The topological polar surface area (TPSA) is 84.9 Å². The van der Waals surface area contributed by atoms with Gasteiger partial charge in [0.25, 0.3) is 17.1 Å². The fourth-order valence-electron chi connectivity index (χ4n) is 2.84. The Bertz CT molecular complexity index is 1060. The first kappa shape index (κ1) is 23.0. The van der Waals surface area contributed by atoms with Crippen molar-refractivity contribution in [1.29, 1.82) is 0 Å². The molecule has 1 fully saturated rings. The van der Waals surface area contributed by atoms with Crippen molar-refractivity contribution in [3.05, 3.63) is 62.5 Å². The molecule has 0 bridgehead atoms. The number of ether oxygens (including phenoxy) is 2. The van der Waals surface area contributed by atoms with Crippen LogP contribution >= 0.6 is 35.0 Å². The molecule has 2 aromatic carbocycles. The molecule has 1 aliphatic rings. The van der Waals surface area contributed by atoms with Crippen LogP contribution < -0.4 is 14.8 Å². The Kier molecular flexibility index (Phi) is 7.48. The molecule has 0 atom stereocenters. The normalized spacial score (nSPS) is 14.8. The Morgan fingerprint density at radius 1 is 1.13 bits per heavy atom. The van der Waals surface area contributed by atoms with Gasteiger partial charge in [-0.25, -0.2) is 0 Å². The van der Waals surface area contributed by atoms with E-state index in [-0.39, 0.29) is 23.7 Å². The minimum atomic E-state index is -0.425. The van der Waals surface area contributed by atoms with Crippen molar-refractivity contribution in [3.63, 3.8) is 0 Å². The highest BCUT2D eigenvalue weighted by Crippen LogP contribution is 2.36. The second-order valence-corrected chi connectivity index (χ2v) is 8.17. The molecule has 31 heavy (non-hydrogen) atoms. The lowest BCUT2D eigenvalue weighted by molar-refractivity contribution is -0.122. The number of hydrogen-bond acceptors (Lipinski definition) is 6. The van der Waals surface area contributed by atoms with Gasteiger partial charge in [0, 0.05) is 23.7 Å². The summed E-state index contributed by atoms with van der Waals surface area (Å²) in [5.74, 6) is -0.190. The van der Waals surface area contributed by atoms with Gasteiger partial charge in [-0.05, 0) is 47.7 Å². The molecule has 3 rings (SSSR count). The van der Waals surface area contributed by atoms with Gasteiger partial charge in [-0.1, -0.05) is 35.3 Å². The zero-order chi connectivity index (χ0) is 22.5. The molecule has 1 heterocycles. The van der Waals surface area contributed by atoms with Crippen LogP contribution in [0.5, 0.6) is 11.5 Å². The van der Waals surface area contributed by atoms with Crippen molar-refractivity contribution in [3.8, 4) is 11.5 Å². The van der Waals surface area contributed by atoms with E-state index in [0.717, 1.165) is 22.2 Å². The minimum absolute atomic E-state index is 0.0371. The van der Waals surface area contributed by atoms with E-state index < -0.39 is 17.1 Å². The summed E-state index contributed by atoms with van der Waals surface area (Å²) in [6.07, 6.45) is 1.63. The molecule has 0 aromatic heterocycles. The Labute approximate surface area is 193 Å². The fourth-order valence-corrected chi connectivity index (χ4v) is 4.11. The van der Waals surface area contributed by atoms with Crippen LogP contribution in [0.25, 0.3) is 6.08 Å². The standard InChI is InChI=1S/C21H18Cl2N2O5S/c1-29-16-11-13(10-15(23)18(16)30-2)19(26)24-7-8-25-20(27)17(31-21(25)28)9-12-3-5-14(22)6-4-12/h3-6,9-11H,7-8H2,1-2H3,(H,24,26)/b17-9+. The quantitative estimate of drug-likeness (QED) is 0.588. The molecule has 0 spiro atoms. The Hall–Kier alpha value is -2.68. The number of nitrogens with one attached hydrogen (secondary N) is 1. The second-order valence-electron chi connectivity index (χ2n) is 6.33. The van der Waals surface area contributed by atoms with Crippen LogP contribution in [0.1, 0.15) is 15.9 Å². The zero-order valence-electron chi connectivity index (χ0n) is 16.6. The highest BCUT2D eigenvalue weighted by Gasteiger charge is 2.34. The van der Waals surface area contributed by atoms with E-state index in [1.165, 1.54) is 26.4 Å². The van der Waals surface area contributed by atoms with Gasteiger partial charge in [0.05, 0.1) is 24.1 Å². The second kappa shape index (κ2) is 10.1.